The number of aromatic nitrogens is 1. The quantitative estimate of drug-likeness (QED) is 0.683. The first-order valence-corrected chi connectivity index (χ1v) is 8.21. The molecule has 1 saturated carbocycles. The maximum atomic E-state index is 5.79. The lowest BCUT2D eigenvalue weighted by Crippen LogP contribution is -2.07. The molecule has 1 fully saturated rings. The van der Waals surface area contributed by atoms with Crippen molar-refractivity contribution in [3.8, 4) is 0 Å². The van der Waals surface area contributed by atoms with Crippen LogP contribution >= 0.6 is 27.3 Å². The zero-order valence-electron chi connectivity index (χ0n) is 10.8. The molecule has 1 heterocycles. The monoisotopic (exact) mass is 344 g/mol. The first-order valence-electron chi connectivity index (χ1n) is 6.60. The third-order valence-electron chi connectivity index (χ3n) is 3.97. The Balaban J connectivity index is 1.83. The highest BCUT2D eigenvalue weighted by Gasteiger charge is 2.48. The van der Waals surface area contributed by atoms with Gasteiger partial charge in [0.1, 0.15) is 5.01 Å². The molecule has 0 bridgehead atoms. The van der Waals surface area contributed by atoms with Gasteiger partial charge in [-0.3, -0.25) is 0 Å². The van der Waals surface area contributed by atoms with Crippen molar-refractivity contribution in [3.05, 3.63) is 57.5 Å². The van der Waals surface area contributed by atoms with Crippen LogP contribution in [0.25, 0.3) is 10.2 Å². The van der Waals surface area contributed by atoms with E-state index in [2.05, 4.69) is 46.3 Å². The summed E-state index contributed by atoms with van der Waals surface area (Å²) in [7, 11) is 0. The molecule has 0 spiro atoms. The van der Waals surface area contributed by atoms with Gasteiger partial charge < -0.3 is 5.73 Å². The Hall–Kier alpha value is -1.39. The van der Waals surface area contributed by atoms with Crippen LogP contribution < -0.4 is 5.73 Å². The second kappa shape index (κ2) is 4.30. The van der Waals surface area contributed by atoms with E-state index < -0.39 is 0 Å². The Morgan fingerprint density at radius 1 is 1.10 bits per heavy atom. The molecule has 0 radical (unpaired) electrons. The summed E-state index contributed by atoms with van der Waals surface area (Å²) >= 11 is 5.33. The first-order chi connectivity index (χ1) is 9.67. The van der Waals surface area contributed by atoms with E-state index in [9.17, 15) is 0 Å². The molecule has 0 atom stereocenters. The molecule has 2 aromatic carbocycles. The van der Waals surface area contributed by atoms with E-state index >= 15 is 0 Å². The van der Waals surface area contributed by atoms with Crippen LogP contribution in [0.2, 0.25) is 0 Å². The SMILES string of the molecule is Nc1ccc(C2(c3nc4ccc(Br)cc4s3)CC2)cc1. The summed E-state index contributed by atoms with van der Waals surface area (Å²) in [4.78, 5) is 4.85. The second-order valence-corrected chi connectivity index (χ2v) is 7.28. The van der Waals surface area contributed by atoms with E-state index in [0.717, 1.165) is 15.7 Å². The summed E-state index contributed by atoms with van der Waals surface area (Å²) in [5, 5.41) is 1.23. The minimum absolute atomic E-state index is 0.129. The normalized spacial score (nSPS) is 16.4. The molecule has 0 amide bonds. The fraction of sp³-hybridized carbons (Fsp3) is 0.188. The van der Waals surface area contributed by atoms with Gasteiger partial charge in [-0.1, -0.05) is 28.1 Å². The van der Waals surface area contributed by atoms with E-state index in [1.807, 2.05) is 23.5 Å². The third-order valence-corrected chi connectivity index (χ3v) is 5.69. The minimum Gasteiger partial charge on any atom is -0.399 e. The molecule has 1 aromatic heterocycles. The van der Waals surface area contributed by atoms with Crippen molar-refractivity contribution in [2.24, 2.45) is 0 Å². The Morgan fingerprint density at radius 2 is 1.85 bits per heavy atom. The van der Waals surface area contributed by atoms with E-state index in [0.29, 0.717) is 0 Å². The van der Waals surface area contributed by atoms with Gasteiger partial charge in [0.25, 0.3) is 0 Å². The van der Waals surface area contributed by atoms with Crippen LogP contribution in [0.5, 0.6) is 0 Å². The van der Waals surface area contributed by atoms with Gasteiger partial charge in [0, 0.05) is 15.6 Å². The lowest BCUT2D eigenvalue weighted by atomic mass is 9.96. The smallest absolute Gasteiger partial charge is 0.104 e. The van der Waals surface area contributed by atoms with Gasteiger partial charge in [0.2, 0.25) is 0 Å². The highest BCUT2D eigenvalue weighted by Crippen LogP contribution is 2.55. The number of thiazole rings is 1. The van der Waals surface area contributed by atoms with Gasteiger partial charge >= 0.3 is 0 Å². The van der Waals surface area contributed by atoms with Crippen LogP contribution in [0.4, 0.5) is 5.69 Å². The summed E-state index contributed by atoms with van der Waals surface area (Å²) < 4.78 is 2.36. The number of rotatable bonds is 2. The second-order valence-electron chi connectivity index (χ2n) is 5.34. The van der Waals surface area contributed by atoms with Crippen LogP contribution in [0.1, 0.15) is 23.4 Å². The van der Waals surface area contributed by atoms with Crippen molar-refractivity contribution in [3.63, 3.8) is 0 Å². The van der Waals surface area contributed by atoms with Gasteiger partial charge in [0.15, 0.2) is 0 Å². The molecular weight excluding hydrogens is 332 g/mol. The molecule has 2 nitrogen and oxygen atoms in total. The Kier molecular flexibility index (Phi) is 2.66. The number of anilines is 1. The van der Waals surface area contributed by atoms with E-state index in [4.69, 9.17) is 10.7 Å². The van der Waals surface area contributed by atoms with Gasteiger partial charge in [-0.05, 0) is 48.7 Å². The fourth-order valence-electron chi connectivity index (χ4n) is 2.66. The predicted octanol–water partition coefficient (Wildman–Crippen LogP) is 4.72. The number of halogens is 1. The van der Waals surface area contributed by atoms with Crippen molar-refractivity contribution >= 4 is 43.2 Å². The molecule has 0 unspecified atom stereocenters. The maximum absolute atomic E-state index is 5.79. The standard InChI is InChI=1S/C16H13BrN2S/c17-11-3-6-13-14(9-11)20-15(19-13)16(7-8-16)10-1-4-12(18)5-2-10/h1-6,9H,7-8,18H2. The number of hydrogen-bond acceptors (Lipinski definition) is 3. The molecule has 3 aromatic rings. The van der Waals surface area contributed by atoms with Gasteiger partial charge in [-0.2, -0.15) is 0 Å². The fourth-order valence-corrected chi connectivity index (χ4v) is 4.44. The summed E-state index contributed by atoms with van der Waals surface area (Å²) in [5.41, 5.74) is 9.17. The van der Waals surface area contributed by atoms with Crippen LogP contribution in [0, 0.1) is 0 Å². The minimum atomic E-state index is 0.129. The van der Waals surface area contributed by atoms with Crippen molar-refractivity contribution in [2.75, 3.05) is 5.73 Å². The van der Waals surface area contributed by atoms with Crippen LogP contribution in [-0.4, -0.2) is 4.98 Å². The molecule has 20 heavy (non-hydrogen) atoms. The van der Waals surface area contributed by atoms with Crippen molar-refractivity contribution < 1.29 is 0 Å². The number of nitrogen functional groups attached to an aromatic ring is 1. The van der Waals surface area contributed by atoms with Crippen LogP contribution in [-0.2, 0) is 5.41 Å². The molecule has 4 rings (SSSR count). The third kappa shape index (κ3) is 1.86. The largest absolute Gasteiger partial charge is 0.399 e. The average Bonchev–Trinajstić information content (AvgIpc) is 3.14. The molecular formula is C16H13BrN2S. The van der Waals surface area contributed by atoms with Crippen LogP contribution in [0.3, 0.4) is 0 Å². The molecule has 100 valence electrons. The first kappa shape index (κ1) is 12.4. The summed E-state index contributed by atoms with van der Waals surface area (Å²) in [6.45, 7) is 0. The lowest BCUT2D eigenvalue weighted by Gasteiger charge is -2.12. The van der Waals surface area contributed by atoms with Gasteiger partial charge in [-0.25, -0.2) is 4.98 Å². The molecule has 4 heteroatoms. The van der Waals surface area contributed by atoms with Crippen molar-refractivity contribution in [2.45, 2.75) is 18.3 Å². The zero-order chi connectivity index (χ0) is 13.7. The molecule has 0 saturated heterocycles. The molecule has 2 N–H and O–H groups in total. The molecule has 1 aliphatic rings. The zero-order valence-corrected chi connectivity index (χ0v) is 13.2. The van der Waals surface area contributed by atoms with E-state index in [1.54, 1.807) is 0 Å². The number of benzene rings is 2. The van der Waals surface area contributed by atoms with Crippen molar-refractivity contribution in [1.82, 2.24) is 4.98 Å². The topological polar surface area (TPSA) is 38.9 Å². The lowest BCUT2D eigenvalue weighted by molar-refractivity contribution is 0.838. The van der Waals surface area contributed by atoms with Gasteiger partial charge in [0.05, 0.1) is 10.2 Å². The maximum Gasteiger partial charge on any atom is 0.104 e. The Bertz CT molecular complexity index is 788. The summed E-state index contributed by atoms with van der Waals surface area (Å²) in [6, 6.07) is 14.5. The predicted molar refractivity (Wildman–Crippen MR) is 88.2 cm³/mol. The van der Waals surface area contributed by atoms with Crippen molar-refractivity contribution in [1.29, 1.82) is 0 Å². The molecule has 1 aliphatic carbocycles. The Labute approximate surface area is 129 Å². The highest BCUT2D eigenvalue weighted by molar-refractivity contribution is 9.10. The summed E-state index contributed by atoms with van der Waals surface area (Å²) in [6.07, 6.45) is 2.36. The summed E-state index contributed by atoms with van der Waals surface area (Å²) in [5.74, 6) is 0. The molecule has 0 aliphatic heterocycles. The Morgan fingerprint density at radius 3 is 2.55 bits per heavy atom. The van der Waals surface area contributed by atoms with E-state index in [1.165, 1.54) is 28.1 Å². The highest BCUT2D eigenvalue weighted by atomic mass is 79.9. The number of nitrogens with zero attached hydrogens (tertiary/aromatic N) is 1. The van der Waals surface area contributed by atoms with Crippen LogP contribution in [0.15, 0.2) is 46.9 Å². The number of fused-ring (bicyclic) bond motifs is 1. The average molecular weight is 345 g/mol. The number of nitrogens with two attached hydrogens (primary N) is 1. The van der Waals surface area contributed by atoms with E-state index in [-0.39, 0.29) is 5.41 Å². The number of hydrogen-bond donors (Lipinski definition) is 1. The van der Waals surface area contributed by atoms with Gasteiger partial charge in [-0.15, -0.1) is 11.3 Å².